The first-order valence-corrected chi connectivity index (χ1v) is 10.4. The van der Waals surface area contributed by atoms with Crippen molar-refractivity contribution in [1.82, 2.24) is 14.8 Å². The molecule has 2 aromatic heterocycles. The number of amides is 1. The van der Waals surface area contributed by atoms with Gasteiger partial charge in [0.2, 0.25) is 5.91 Å². The van der Waals surface area contributed by atoms with Gasteiger partial charge < -0.3 is 14.8 Å². The lowest BCUT2D eigenvalue weighted by molar-refractivity contribution is -0.111. The summed E-state index contributed by atoms with van der Waals surface area (Å²) in [4.78, 5) is 16.9. The van der Waals surface area contributed by atoms with Gasteiger partial charge >= 0.3 is 0 Å². The lowest BCUT2D eigenvalue weighted by Gasteiger charge is -2.12. The summed E-state index contributed by atoms with van der Waals surface area (Å²) in [7, 11) is 3.01. The molecule has 1 N–H and O–H groups in total. The molecule has 4 aromatic rings. The number of para-hydroxylation sites is 1. The van der Waals surface area contributed by atoms with Crippen LogP contribution in [-0.4, -0.2) is 34.9 Å². The Bertz CT molecular complexity index is 1290. The minimum Gasteiger partial charge on any atom is -0.495 e. The number of ether oxygens (including phenoxy) is 2. The van der Waals surface area contributed by atoms with Gasteiger partial charge in [-0.25, -0.2) is 4.68 Å². The van der Waals surface area contributed by atoms with Gasteiger partial charge in [0.05, 0.1) is 30.6 Å². The van der Waals surface area contributed by atoms with Crippen LogP contribution in [0.25, 0.3) is 23.0 Å². The number of aromatic nitrogens is 3. The molecule has 2 heterocycles. The monoisotopic (exact) mass is 460 g/mol. The van der Waals surface area contributed by atoms with E-state index in [2.05, 4.69) is 10.3 Å². The first-order chi connectivity index (χ1) is 16.1. The quantitative estimate of drug-likeness (QED) is 0.381. The number of pyridine rings is 1. The Hall–Kier alpha value is -4.10. The molecular formula is C25H21ClN4O3. The molecule has 166 valence electrons. The summed E-state index contributed by atoms with van der Waals surface area (Å²) >= 11 is 6.14. The van der Waals surface area contributed by atoms with E-state index in [4.69, 9.17) is 26.2 Å². The van der Waals surface area contributed by atoms with Gasteiger partial charge in [-0.3, -0.25) is 9.78 Å². The zero-order valence-corrected chi connectivity index (χ0v) is 18.8. The Morgan fingerprint density at radius 2 is 1.85 bits per heavy atom. The van der Waals surface area contributed by atoms with Crippen molar-refractivity contribution in [2.75, 3.05) is 19.5 Å². The highest BCUT2D eigenvalue weighted by molar-refractivity contribution is 6.32. The fraction of sp³-hybridized carbons (Fsp3) is 0.0800. The predicted molar refractivity (Wildman–Crippen MR) is 129 cm³/mol. The fourth-order valence-corrected chi connectivity index (χ4v) is 3.48. The zero-order valence-electron chi connectivity index (χ0n) is 18.0. The summed E-state index contributed by atoms with van der Waals surface area (Å²) < 4.78 is 12.3. The fourth-order valence-electron chi connectivity index (χ4n) is 3.25. The van der Waals surface area contributed by atoms with Crippen LogP contribution >= 0.6 is 11.6 Å². The normalized spacial score (nSPS) is 10.9. The predicted octanol–water partition coefficient (Wildman–Crippen LogP) is 5.26. The molecule has 0 fully saturated rings. The Labute approximate surface area is 196 Å². The van der Waals surface area contributed by atoms with Crippen LogP contribution in [0.15, 0.2) is 79.3 Å². The summed E-state index contributed by atoms with van der Waals surface area (Å²) in [5.74, 6) is 0.512. The Morgan fingerprint density at radius 1 is 1.06 bits per heavy atom. The molecule has 1 amide bonds. The third-order valence-corrected chi connectivity index (χ3v) is 5.14. The summed E-state index contributed by atoms with van der Waals surface area (Å²) in [5.41, 5.74) is 3.67. The van der Waals surface area contributed by atoms with Gasteiger partial charge in [0.1, 0.15) is 17.2 Å². The van der Waals surface area contributed by atoms with E-state index >= 15 is 0 Å². The van der Waals surface area contributed by atoms with Crippen molar-refractivity contribution in [2.24, 2.45) is 0 Å². The molecule has 0 saturated carbocycles. The summed E-state index contributed by atoms with van der Waals surface area (Å²) in [5, 5.41) is 7.90. The maximum Gasteiger partial charge on any atom is 0.248 e. The van der Waals surface area contributed by atoms with Crippen molar-refractivity contribution >= 4 is 29.3 Å². The molecule has 0 bridgehead atoms. The van der Waals surface area contributed by atoms with Crippen molar-refractivity contribution in [3.63, 3.8) is 0 Å². The van der Waals surface area contributed by atoms with E-state index in [9.17, 15) is 4.79 Å². The topological polar surface area (TPSA) is 78.3 Å². The number of benzene rings is 2. The number of nitrogens with one attached hydrogen (secondary N) is 1. The molecule has 8 heteroatoms. The number of rotatable bonds is 7. The number of carbonyl (C=O) groups excluding carboxylic acids is 1. The molecule has 0 spiro atoms. The SMILES string of the molecule is COc1cc(NC(=O)/C=C/c2cn(-c3ccccc3)nc2-c2cccnc2)c(OC)cc1Cl. The lowest BCUT2D eigenvalue weighted by Crippen LogP contribution is -2.09. The maximum atomic E-state index is 12.7. The van der Waals surface area contributed by atoms with E-state index in [-0.39, 0.29) is 5.91 Å². The maximum absolute atomic E-state index is 12.7. The van der Waals surface area contributed by atoms with Crippen molar-refractivity contribution < 1.29 is 14.3 Å². The van der Waals surface area contributed by atoms with Crippen LogP contribution in [0.5, 0.6) is 11.5 Å². The molecule has 0 radical (unpaired) electrons. The van der Waals surface area contributed by atoms with E-state index in [1.807, 2.05) is 48.7 Å². The Balaban J connectivity index is 1.64. The van der Waals surface area contributed by atoms with Gasteiger partial charge in [-0.15, -0.1) is 0 Å². The molecule has 2 aromatic carbocycles. The summed E-state index contributed by atoms with van der Waals surface area (Å²) in [6, 6.07) is 16.7. The van der Waals surface area contributed by atoms with Crippen LogP contribution in [0.4, 0.5) is 5.69 Å². The largest absolute Gasteiger partial charge is 0.495 e. The Kier molecular flexibility index (Phi) is 6.71. The highest BCUT2D eigenvalue weighted by Gasteiger charge is 2.13. The minimum atomic E-state index is -0.345. The average Bonchev–Trinajstić information content (AvgIpc) is 3.29. The second-order valence-electron chi connectivity index (χ2n) is 6.96. The van der Waals surface area contributed by atoms with Crippen LogP contribution in [0.3, 0.4) is 0 Å². The van der Waals surface area contributed by atoms with E-state index in [0.29, 0.717) is 27.9 Å². The average molecular weight is 461 g/mol. The van der Waals surface area contributed by atoms with E-state index in [1.165, 1.54) is 20.3 Å². The number of carbonyl (C=O) groups is 1. The van der Waals surface area contributed by atoms with Crippen molar-refractivity contribution in [1.29, 1.82) is 0 Å². The molecule has 0 aliphatic heterocycles. The molecule has 0 saturated heterocycles. The van der Waals surface area contributed by atoms with Crippen LogP contribution < -0.4 is 14.8 Å². The van der Waals surface area contributed by atoms with Crippen LogP contribution in [0, 0.1) is 0 Å². The number of hydrogen-bond donors (Lipinski definition) is 1. The molecule has 4 rings (SSSR count). The Morgan fingerprint density at radius 3 is 2.55 bits per heavy atom. The third-order valence-electron chi connectivity index (χ3n) is 4.84. The molecule has 0 unspecified atom stereocenters. The second kappa shape index (κ2) is 10.0. The van der Waals surface area contributed by atoms with Crippen LogP contribution in [0.2, 0.25) is 5.02 Å². The van der Waals surface area contributed by atoms with Gasteiger partial charge in [-0.1, -0.05) is 29.8 Å². The number of nitrogens with zero attached hydrogens (tertiary/aromatic N) is 3. The van der Waals surface area contributed by atoms with Gasteiger partial charge in [-0.05, 0) is 30.3 Å². The standard InChI is InChI=1S/C25H21ClN4O3/c1-32-22-14-21(23(33-2)13-20(22)26)28-24(31)11-10-18-16-30(19-8-4-3-5-9-19)29-25(18)17-7-6-12-27-15-17/h3-16H,1-2H3,(H,28,31)/b11-10+. The van der Waals surface area contributed by atoms with Crippen molar-refractivity contribution in [3.05, 3.63) is 89.8 Å². The molecule has 7 nitrogen and oxygen atoms in total. The first-order valence-electron chi connectivity index (χ1n) is 10.0. The third kappa shape index (κ3) is 5.05. The minimum absolute atomic E-state index is 0.345. The number of methoxy groups -OCH3 is 2. The highest BCUT2D eigenvalue weighted by atomic mass is 35.5. The van der Waals surface area contributed by atoms with Crippen molar-refractivity contribution in [3.8, 4) is 28.4 Å². The van der Waals surface area contributed by atoms with Crippen LogP contribution in [0.1, 0.15) is 5.56 Å². The second-order valence-corrected chi connectivity index (χ2v) is 7.37. The summed E-state index contributed by atoms with van der Waals surface area (Å²) in [6.45, 7) is 0. The summed E-state index contributed by atoms with van der Waals surface area (Å²) in [6.07, 6.45) is 8.46. The molecule has 0 aliphatic rings. The number of hydrogen-bond acceptors (Lipinski definition) is 5. The molecule has 33 heavy (non-hydrogen) atoms. The smallest absolute Gasteiger partial charge is 0.248 e. The van der Waals surface area contributed by atoms with Gasteiger partial charge in [0.25, 0.3) is 0 Å². The highest BCUT2D eigenvalue weighted by Crippen LogP contribution is 2.36. The number of halogens is 1. The molecule has 0 atom stereocenters. The van der Waals surface area contributed by atoms with Gasteiger partial charge in [0.15, 0.2) is 0 Å². The van der Waals surface area contributed by atoms with E-state index in [0.717, 1.165) is 16.8 Å². The zero-order chi connectivity index (χ0) is 23.2. The molecule has 0 aliphatic carbocycles. The number of anilines is 1. The molecular weight excluding hydrogens is 440 g/mol. The van der Waals surface area contributed by atoms with Crippen molar-refractivity contribution in [2.45, 2.75) is 0 Å². The van der Waals surface area contributed by atoms with Gasteiger partial charge in [-0.2, -0.15) is 5.10 Å². The van der Waals surface area contributed by atoms with E-state index < -0.39 is 0 Å². The van der Waals surface area contributed by atoms with E-state index in [1.54, 1.807) is 35.3 Å². The van der Waals surface area contributed by atoms with Gasteiger partial charge in [0, 0.05) is 47.9 Å². The lowest BCUT2D eigenvalue weighted by atomic mass is 10.1. The first kappa shape index (κ1) is 22.1. The van der Waals surface area contributed by atoms with Crippen LogP contribution in [-0.2, 0) is 4.79 Å².